The first-order chi connectivity index (χ1) is 16.8. The van der Waals surface area contributed by atoms with Crippen LogP contribution in [-0.4, -0.2) is 36.3 Å². The quantitative estimate of drug-likeness (QED) is 0.425. The molecule has 0 amide bonds. The minimum Gasteiger partial charge on any atom is -0.363 e. The van der Waals surface area contributed by atoms with Gasteiger partial charge in [-0.1, -0.05) is 24.3 Å². The van der Waals surface area contributed by atoms with Gasteiger partial charge in [-0.05, 0) is 35.7 Å². The lowest BCUT2D eigenvalue weighted by Gasteiger charge is -2.29. The maximum atomic E-state index is 15.2. The summed E-state index contributed by atoms with van der Waals surface area (Å²) in [6.45, 7) is 2.30. The van der Waals surface area contributed by atoms with Gasteiger partial charge in [-0.15, -0.1) is 10.2 Å². The zero-order chi connectivity index (χ0) is 24.6. The third-order valence-electron chi connectivity index (χ3n) is 5.72. The molecule has 1 aliphatic rings. The van der Waals surface area contributed by atoms with Crippen molar-refractivity contribution in [1.82, 2.24) is 29.7 Å². The fourth-order valence-corrected chi connectivity index (χ4v) is 3.98. The summed E-state index contributed by atoms with van der Waals surface area (Å²) in [6, 6.07) is 11.8. The van der Waals surface area contributed by atoms with E-state index in [0.717, 1.165) is 27.0 Å². The van der Waals surface area contributed by atoms with E-state index in [0.29, 0.717) is 6.54 Å². The molecule has 12 heteroatoms. The highest BCUT2D eigenvalue weighted by Crippen LogP contribution is 2.31. The Balaban J connectivity index is 1.28. The number of nitrogens with one attached hydrogen (secondary N) is 1. The topological polar surface area (TPSA) is 84.7 Å². The third kappa shape index (κ3) is 4.63. The molecule has 8 nitrogen and oxygen atoms in total. The first kappa shape index (κ1) is 22.7. The SMILES string of the molecule is Cc1cc(-c2ccc(CNc3ncnc(N4CCn5c(nnc5C(F)(F)F)C4)c3F)cc2)ccn1. The van der Waals surface area contributed by atoms with Crippen molar-refractivity contribution in [1.29, 1.82) is 0 Å². The molecule has 35 heavy (non-hydrogen) atoms. The van der Waals surface area contributed by atoms with Crippen molar-refractivity contribution in [3.8, 4) is 11.1 Å². The van der Waals surface area contributed by atoms with Crippen LogP contribution in [0.5, 0.6) is 0 Å². The molecule has 180 valence electrons. The number of hydrogen-bond acceptors (Lipinski definition) is 7. The molecular weight excluding hydrogens is 464 g/mol. The Morgan fingerprint density at radius 3 is 2.51 bits per heavy atom. The van der Waals surface area contributed by atoms with E-state index in [2.05, 4.69) is 30.5 Å². The van der Waals surface area contributed by atoms with Gasteiger partial charge in [-0.25, -0.2) is 9.97 Å². The normalized spacial score (nSPS) is 13.6. The second-order valence-electron chi connectivity index (χ2n) is 8.11. The van der Waals surface area contributed by atoms with Crippen molar-refractivity contribution < 1.29 is 17.6 Å². The molecule has 0 fully saturated rings. The van der Waals surface area contributed by atoms with Crippen molar-refractivity contribution in [2.24, 2.45) is 0 Å². The molecule has 0 unspecified atom stereocenters. The Morgan fingerprint density at radius 1 is 0.971 bits per heavy atom. The lowest BCUT2D eigenvalue weighted by Crippen LogP contribution is -2.36. The molecule has 4 heterocycles. The van der Waals surface area contributed by atoms with E-state index < -0.39 is 17.8 Å². The second kappa shape index (κ2) is 8.93. The van der Waals surface area contributed by atoms with Crippen LogP contribution in [0.3, 0.4) is 0 Å². The van der Waals surface area contributed by atoms with E-state index >= 15 is 4.39 Å². The van der Waals surface area contributed by atoms with Crippen LogP contribution >= 0.6 is 0 Å². The Labute approximate surface area is 197 Å². The smallest absolute Gasteiger partial charge is 0.363 e. The summed E-state index contributed by atoms with van der Waals surface area (Å²) in [5.74, 6) is -1.63. The molecule has 4 aromatic rings. The van der Waals surface area contributed by atoms with Crippen molar-refractivity contribution in [2.75, 3.05) is 16.8 Å². The summed E-state index contributed by atoms with van der Waals surface area (Å²) in [5.41, 5.74) is 3.95. The van der Waals surface area contributed by atoms with Crippen LogP contribution in [0, 0.1) is 12.7 Å². The van der Waals surface area contributed by atoms with Gasteiger partial charge in [0.25, 0.3) is 0 Å². The monoisotopic (exact) mass is 484 g/mol. The molecule has 5 rings (SSSR count). The molecule has 3 aromatic heterocycles. The van der Waals surface area contributed by atoms with Gasteiger partial charge < -0.3 is 14.8 Å². The minimum absolute atomic E-state index is 0.00582. The number of nitrogens with zero attached hydrogens (tertiary/aromatic N) is 7. The van der Waals surface area contributed by atoms with Gasteiger partial charge in [-0.3, -0.25) is 4.98 Å². The maximum absolute atomic E-state index is 15.2. The number of alkyl halides is 3. The fourth-order valence-electron chi connectivity index (χ4n) is 3.98. The van der Waals surface area contributed by atoms with Crippen LogP contribution in [0.4, 0.5) is 29.2 Å². The van der Waals surface area contributed by atoms with E-state index in [1.807, 2.05) is 43.3 Å². The second-order valence-corrected chi connectivity index (χ2v) is 8.11. The fraction of sp³-hybridized carbons (Fsp3) is 0.261. The molecule has 0 saturated heterocycles. The molecule has 0 atom stereocenters. The van der Waals surface area contributed by atoms with Crippen molar-refractivity contribution in [3.63, 3.8) is 0 Å². The standard InChI is InChI=1S/C23H20F4N8/c1-14-10-17(6-7-28-14)16-4-2-15(3-5-16)11-29-20-19(24)21(31-13-30-20)34-8-9-35-18(12-34)32-33-22(35)23(25,26)27/h2-7,10,13H,8-9,11-12H2,1H3,(H,29,30,31). The lowest BCUT2D eigenvalue weighted by molar-refractivity contribution is -0.147. The van der Waals surface area contributed by atoms with Crippen LogP contribution in [0.1, 0.15) is 22.9 Å². The average molecular weight is 484 g/mol. The van der Waals surface area contributed by atoms with Crippen molar-refractivity contribution >= 4 is 11.6 Å². The molecule has 1 aromatic carbocycles. The number of rotatable bonds is 5. The van der Waals surface area contributed by atoms with Crippen LogP contribution in [0.25, 0.3) is 11.1 Å². The number of benzene rings is 1. The predicted molar refractivity (Wildman–Crippen MR) is 120 cm³/mol. The Kier molecular flexibility index (Phi) is 5.79. The molecular formula is C23H20F4N8. The van der Waals surface area contributed by atoms with Gasteiger partial charge in [0.2, 0.25) is 11.6 Å². The van der Waals surface area contributed by atoms with Crippen LogP contribution < -0.4 is 10.2 Å². The van der Waals surface area contributed by atoms with E-state index in [9.17, 15) is 13.2 Å². The van der Waals surface area contributed by atoms with E-state index in [4.69, 9.17) is 0 Å². The Morgan fingerprint density at radius 2 is 1.77 bits per heavy atom. The first-order valence-corrected chi connectivity index (χ1v) is 10.8. The van der Waals surface area contributed by atoms with Crippen LogP contribution in [0.15, 0.2) is 48.9 Å². The number of aryl methyl sites for hydroxylation is 1. The largest absolute Gasteiger partial charge is 0.451 e. The Hall–Kier alpha value is -4.09. The molecule has 1 N–H and O–H groups in total. The Bertz CT molecular complexity index is 1350. The molecule has 1 aliphatic heterocycles. The molecule has 0 bridgehead atoms. The van der Waals surface area contributed by atoms with Gasteiger partial charge in [-0.2, -0.15) is 17.6 Å². The van der Waals surface area contributed by atoms with Gasteiger partial charge in [0.1, 0.15) is 6.33 Å². The first-order valence-electron chi connectivity index (χ1n) is 10.8. The number of pyridine rings is 1. The lowest BCUT2D eigenvalue weighted by atomic mass is 10.0. The number of hydrogen-bond donors (Lipinski definition) is 1. The minimum atomic E-state index is -4.60. The van der Waals surface area contributed by atoms with Gasteiger partial charge in [0.15, 0.2) is 17.5 Å². The zero-order valence-electron chi connectivity index (χ0n) is 18.6. The van der Waals surface area contributed by atoms with Crippen LogP contribution in [0.2, 0.25) is 0 Å². The highest BCUT2D eigenvalue weighted by molar-refractivity contribution is 5.63. The summed E-state index contributed by atoms with van der Waals surface area (Å²) in [7, 11) is 0. The van der Waals surface area contributed by atoms with Gasteiger partial charge in [0, 0.05) is 31.5 Å². The van der Waals surface area contributed by atoms with Gasteiger partial charge >= 0.3 is 6.18 Å². The number of fused-ring (bicyclic) bond motifs is 1. The van der Waals surface area contributed by atoms with Crippen LogP contribution in [-0.2, 0) is 25.8 Å². The summed E-state index contributed by atoms with van der Waals surface area (Å²) in [5, 5.41) is 9.85. The summed E-state index contributed by atoms with van der Waals surface area (Å²) in [4.78, 5) is 13.7. The van der Waals surface area contributed by atoms with Gasteiger partial charge in [0.05, 0.1) is 6.54 Å². The number of halogens is 4. The molecule has 0 saturated carbocycles. The highest BCUT2D eigenvalue weighted by Gasteiger charge is 2.39. The molecule has 0 spiro atoms. The maximum Gasteiger partial charge on any atom is 0.451 e. The number of anilines is 2. The van der Waals surface area contributed by atoms with E-state index in [1.54, 1.807) is 6.20 Å². The van der Waals surface area contributed by atoms with Crippen molar-refractivity contribution in [3.05, 3.63) is 77.6 Å². The summed E-state index contributed by atoms with van der Waals surface area (Å²) < 4.78 is 55.4. The molecule has 0 aliphatic carbocycles. The number of aromatic nitrogens is 6. The zero-order valence-corrected chi connectivity index (χ0v) is 18.6. The summed E-state index contributed by atoms with van der Waals surface area (Å²) >= 11 is 0. The van der Waals surface area contributed by atoms with Crippen molar-refractivity contribution in [2.45, 2.75) is 32.7 Å². The third-order valence-corrected chi connectivity index (χ3v) is 5.72. The average Bonchev–Trinajstić information content (AvgIpc) is 3.28. The molecule has 0 radical (unpaired) electrons. The van der Waals surface area contributed by atoms with E-state index in [-0.39, 0.29) is 37.1 Å². The predicted octanol–water partition coefficient (Wildman–Crippen LogP) is 4.23. The highest BCUT2D eigenvalue weighted by atomic mass is 19.4. The van der Waals surface area contributed by atoms with E-state index in [1.165, 1.54) is 11.2 Å². The summed E-state index contributed by atoms with van der Waals surface area (Å²) in [6.07, 6.45) is -1.62.